The average Bonchev–Trinajstić information content (AvgIpc) is 3.26. The summed E-state index contributed by atoms with van der Waals surface area (Å²) in [5, 5.41) is 12.7. The van der Waals surface area contributed by atoms with E-state index in [4.69, 9.17) is 4.74 Å². The van der Waals surface area contributed by atoms with Crippen LogP contribution in [0, 0.1) is 0 Å². The van der Waals surface area contributed by atoms with Gasteiger partial charge in [0, 0.05) is 12.1 Å². The molecule has 2 heterocycles. The third-order valence-electron chi connectivity index (χ3n) is 3.64. The Morgan fingerprint density at radius 2 is 1.92 bits per heavy atom. The minimum atomic E-state index is 0.464. The molecule has 0 bridgehead atoms. The molecule has 0 atom stereocenters. The molecule has 4 aromatic rings. The second-order valence-corrected chi connectivity index (χ2v) is 6.32. The highest BCUT2D eigenvalue weighted by atomic mass is 32.1. The van der Waals surface area contributed by atoms with E-state index in [1.54, 1.807) is 16.0 Å². The fraction of sp³-hybridized carbons (Fsp3) is 0.176. The summed E-state index contributed by atoms with van der Waals surface area (Å²) in [6.07, 6.45) is 0. The maximum atomic E-state index is 5.84. The largest absolute Gasteiger partial charge is 0.486 e. The summed E-state index contributed by atoms with van der Waals surface area (Å²) in [4.78, 5) is 4.57. The lowest BCUT2D eigenvalue weighted by Gasteiger charge is -2.05. The van der Waals surface area contributed by atoms with E-state index in [0.717, 1.165) is 34.2 Å². The van der Waals surface area contributed by atoms with Crippen LogP contribution in [0.3, 0.4) is 0 Å². The summed E-state index contributed by atoms with van der Waals surface area (Å²) < 4.78 is 8.78. The summed E-state index contributed by atoms with van der Waals surface area (Å²) in [5.74, 6) is 1.56. The normalized spacial score (nSPS) is 11.0. The topological polar surface area (TPSA) is 65.7 Å². The van der Waals surface area contributed by atoms with Gasteiger partial charge in [0.15, 0.2) is 5.82 Å². The highest BCUT2D eigenvalue weighted by Gasteiger charge is 2.08. The van der Waals surface area contributed by atoms with E-state index >= 15 is 0 Å². The molecule has 0 N–H and O–H groups in total. The van der Waals surface area contributed by atoms with E-state index in [9.17, 15) is 0 Å². The molecule has 0 saturated heterocycles. The van der Waals surface area contributed by atoms with Crippen molar-refractivity contribution >= 4 is 21.6 Å². The number of hydrogen-bond donors (Lipinski definition) is 0. The molecule has 120 valence electrons. The Kier molecular flexibility index (Phi) is 3.92. The van der Waals surface area contributed by atoms with Gasteiger partial charge in [-0.2, -0.15) is 0 Å². The molecule has 0 radical (unpaired) electrons. The van der Waals surface area contributed by atoms with E-state index < -0.39 is 0 Å². The molecule has 0 aliphatic rings. The Morgan fingerprint density at radius 1 is 1.08 bits per heavy atom. The van der Waals surface area contributed by atoms with Crippen LogP contribution in [-0.4, -0.2) is 25.2 Å². The van der Waals surface area contributed by atoms with Crippen molar-refractivity contribution in [2.45, 2.75) is 20.1 Å². The van der Waals surface area contributed by atoms with Gasteiger partial charge in [0.2, 0.25) is 0 Å². The van der Waals surface area contributed by atoms with Crippen molar-refractivity contribution in [1.82, 2.24) is 25.2 Å². The number of para-hydroxylation sites is 1. The molecule has 0 saturated carbocycles. The molecule has 6 nitrogen and oxygen atoms in total. The predicted octanol–water partition coefficient (Wildman–Crippen LogP) is 3.55. The van der Waals surface area contributed by atoms with Crippen LogP contribution in [0.4, 0.5) is 0 Å². The van der Waals surface area contributed by atoms with Crippen molar-refractivity contribution in [3.05, 3.63) is 53.5 Å². The van der Waals surface area contributed by atoms with Gasteiger partial charge in [-0.15, -0.1) is 16.4 Å². The van der Waals surface area contributed by atoms with Gasteiger partial charge in [0.1, 0.15) is 17.4 Å². The number of nitrogens with zero attached hydrogens (tertiary/aromatic N) is 5. The van der Waals surface area contributed by atoms with Crippen LogP contribution in [0.2, 0.25) is 0 Å². The van der Waals surface area contributed by atoms with Gasteiger partial charge in [-0.1, -0.05) is 12.1 Å². The zero-order chi connectivity index (χ0) is 16.4. The number of benzene rings is 2. The molecule has 24 heavy (non-hydrogen) atoms. The van der Waals surface area contributed by atoms with Gasteiger partial charge < -0.3 is 4.74 Å². The van der Waals surface area contributed by atoms with Crippen LogP contribution in [-0.2, 0) is 13.2 Å². The molecule has 4 rings (SSSR count). The second kappa shape index (κ2) is 6.37. The summed E-state index contributed by atoms with van der Waals surface area (Å²) in [6, 6.07) is 15.9. The summed E-state index contributed by atoms with van der Waals surface area (Å²) in [5.41, 5.74) is 1.98. The maximum Gasteiger partial charge on any atom is 0.182 e. The lowest BCUT2D eigenvalue weighted by atomic mass is 10.2. The summed E-state index contributed by atoms with van der Waals surface area (Å²) >= 11 is 1.66. The second-order valence-electron chi connectivity index (χ2n) is 5.21. The predicted molar refractivity (Wildman–Crippen MR) is 92.9 cm³/mol. The molecule has 0 unspecified atom stereocenters. The number of hydrogen-bond acceptors (Lipinski definition) is 6. The first-order chi connectivity index (χ1) is 11.8. The molecule has 0 amide bonds. The zero-order valence-corrected chi connectivity index (χ0v) is 13.9. The Hall–Kier alpha value is -2.80. The fourth-order valence-corrected chi connectivity index (χ4v) is 3.33. The minimum absolute atomic E-state index is 0.464. The van der Waals surface area contributed by atoms with Crippen LogP contribution in [0.1, 0.15) is 11.9 Å². The van der Waals surface area contributed by atoms with Gasteiger partial charge in [0.25, 0.3) is 0 Å². The van der Waals surface area contributed by atoms with Crippen molar-refractivity contribution in [3.8, 4) is 17.1 Å². The molecule has 2 aromatic carbocycles. The Labute approximate surface area is 142 Å². The van der Waals surface area contributed by atoms with Crippen LogP contribution in [0.25, 0.3) is 21.6 Å². The van der Waals surface area contributed by atoms with E-state index in [1.165, 1.54) is 4.70 Å². The van der Waals surface area contributed by atoms with Crippen molar-refractivity contribution in [2.75, 3.05) is 0 Å². The summed E-state index contributed by atoms with van der Waals surface area (Å²) in [7, 11) is 0. The van der Waals surface area contributed by atoms with Crippen molar-refractivity contribution < 1.29 is 4.74 Å². The Bertz CT molecular complexity index is 927. The monoisotopic (exact) mass is 337 g/mol. The fourth-order valence-electron chi connectivity index (χ4n) is 2.45. The lowest BCUT2D eigenvalue weighted by molar-refractivity contribution is 0.306. The molecule has 7 heteroatoms. The van der Waals surface area contributed by atoms with Gasteiger partial charge in [-0.05, 0) is 53.7 Å². The number of fused-ring (bicyclic) bond motifs is 1. The minimum Gasteiger partial charge on any atom is -0.486 e. The van der Waals surface area contributed by atoms with Gasteiger partial charge in [-0.3, -0.25) is 0 Å². The van der Waals surface area contributed by atoms with E-state index in [0.29, 0.717) is 6.61 Å². The molecular weight excluding hydrogens is 322 g/mol. The number of tetrazole rings is 1. The Morgan fingerprint density at radius 3 is 2.71 bits per heavy atom. The van der Waals surface area contributed by atoms with Gasteiger partial charge in [0.05, 0.1) is 10.2 Å². The van der Waals surface area contributed by atoms with E-state index in [-0.39, 0.29) is 0 Å². The molecule has 0 spiro atoms. The highest BCUT2D eigenvalue weighted by molar-refractivity contribution is 7.18. The van der Waals surface area contributed by atoms with Crippen molar-refractivity contribution in [3.63, 3.8) is 0 Å². The first kappa shape index (κ1) is 14.8. The maximum absolute atomic E-state index is 5.84. The van der Waals surface area contributed by atoms with Crippen LogP contribution >= 0.6 is 11.3 Å². The van der Waals surface area contributed by atoms with Crippen molar-refractivity contribution in [2.24, 2.45) is 0 Å². The first-order valence-electron chi connectivity index (χ1n) is 7.67. The molecule has 2 aromatic heterocycles. The zero-order valence-electron chi connectivity index (χ0n) is 13.1. The smallest absolute Gasteiger partial charge is 0.182 e. The number of thiazole rings is 1. The summed E-state index contributed by atoms with van der Waals surface area (Å²) in [6.45, 7) is 3.21. The number of aromatic nitrogens is 5. The quantitative estimate of drug-likeness (QED) is 0.557. The molecule has 0 aliphatic carbocycles. The van der Waals surface area contributed by atoms with Crippen LogP contribution < -0.4 is 4.74 Å². The Balaban J connectivity index is 1.47. The molecule has 0 aliphatic heterocycles. The number of ether oxygens (including phenoxy) is 1. The number of rotatable bonds is 5. The highest BCUT2D eigenvalue weighted by Crippen LogP contribution is 2.24. The molecular formula is C17H15N5OS. The standard InChI is InChI=1S/C17H15N5OS/c1-2-22-17(19-20-21-22)12-7-9-13(10-8-12)23-11-16-18-14-5-3-4-6-15(14)24-16/h3-10H,2,11H2,1H3. The average molecular weight is 337 g/mol. The van der Waals surface area contributed by atoms with E-state index in [1.807, 2.05) is 49.4 Å². The third kappa shape index (κ3) is 2.85. The van der Waals surface area contributed by atoms with Crippen molar-refractivity contribution in [1.29, 1.82) is 0 Å². The van der Waals surface area contributed by atoms with Gasteiger partial charge in [-0.25, -0.2) is 9.67 Å². The molecule has 0 fully saturated rings. The van der Waals surface area contributed by atoms with Gasteiger partial charge >= 0.3 is 0 Å². The van der Waals surface area contributed by atoms with Crippen LogP contribution in [0.15, 0.2) is 48.5 Å². The number of aryl methyl sites for hydroxylation is 1. The lowest BCUT2D eigenvalue weighted by Crippen LogP contribution is -2.00. The van der Waals surface area contributed by atoms with E-state index in [2.05, 4.69) is 26.6 Å². The third-order valence-corrected chi connectivity index (χ3v) is 4.65. The van der Waals surface area contributed by atoms with Crippen LogP contribution in [0.5, 0.6) is 5.75 Å². The SMILES string of the molecule is CCn1nnnc1-c1ccc(OCc2nc3ccccc3s2)cc1. The first-order valence-corrected chi connectivity index (χ1v) is 8.49.